The van der Waals surface area contributed by atoms with E-state index in [4.69, 9.17) is 0 Å². The molecule has 5 heavy (non-hydrogen) atoms. The van der Waals surface area contributed by atoms with E-state index >= 15 is 0 Å². The van der Waals surface area contributed by atoms with Gasteiger partial charge >= 0.3 is 51.4 Å². The van der Waals surface area contributed by atoms with E-state index in [9.17, 15) is 0 Å². The first kappa shape index (κ1) is 55.8. The van der Waals surface area contributed by atoms with Crippen LogP contribution in [-0.2, 0) is 22.4 Å². The molecule has 0 aliphatic heterocycles. The SMILES string of the molecule is O.O.[K+].[Nb].[OH-]. The first-order valence-corrected chi connectivity index (χ1v) is 0. The van der Waals surface area contributed by atoms with Crippen LogP contribution in [0.4, 0.5) is 0 Å². The molecule has 3 nitrogen and oxygen atoms in total. The Hall–Kier alpha value is 2.26. The zero-order chi connectivity index (χ0) is 0. The van der Waals surface area contributed by atoms with Gasteiger partial charge in [-0.25, -0.2) is 0 Å². The number of rotatable bonds is 0. The maximum absolute atomic E-state index is 0. The van der Waals surface area contributed by atoms with E-state index in [0.717, 1.165) is 0 Å². The van der Waals surface area contributed by atoms with Crippen molar-refractivity contribution in [1.82, 2.24) is 0 Å². The van der Waals surface area contributed by atoms with Gasteiger partial charge in [0.1, 0.15) is 0 Å². The predicted molar refractivity (Wildman–Crippen MR) is 9.16 cm³/mol. The van der Waals surface area contributed by atoms with Gasteiger partial charge in [-0.05, 0) is 0 Å². The third-order valence-corrected chi connectivity index (χ3v) is 0. The molecule has 0 amide bonds. The van der Waals surface area contributed by atoms with Gasteiger partial charge in [-0.1, -0.05) is 0 Å². The summed E-state index contributed by atoms with van der Waals surface area (Å²) in [5, 5.41) is 0. The largest absolute Gasteiger partial charge is 1.00 e. The normalized spacial score (nSPS) is 0. The summed E-state index contributed by atoms with van der Waals surface area (Å²) in [6, 6.07) is 0. The zero-order valence-corrected chi connectivity index (χ0v) is 8.22. The molecule has 0 bridgehead atoms. The van der Waals surface area contributed by atoms with Crippen molar-refractivity contribution in [2.24, 2.45) is 0 Å². The second-order valence-electron chi connectivity index (χ2n) is 0. The first-order valence-electron chi connectivity index (χ1n) is 0. The summed E-state index contributed by atoms with van der Waals surface area (Å²) in [4.78, 5) is 0. The monoisotopic (exact) mass is 185 g/mol. The molecule has 0 heterocycles. The Balaban J connectivity index is 0. The van der Waals surface area contributed by atoms with Gasteiger partial charge in [0.2, 0.25) is 0 Å². The van der Waals surface area contributed by atoms with Gasteiger partial charge in [0.15, 0.2) is 0 Å². The van der Waals surface area contributed by atoms with Crippen molar-refractivity contribution in [2.75, 3.05) is 0 Å². The fourth-order valence-electron chi connectivity index (χ4n) is 0. The molecule has 5 heteroatoms. The van der Waals surface area contributed by atoms with Gasteiger partial charge in [-0.2, -0.15) is 0 Å². The quantitative estimate of drug-likeness (QED) is 0.348. The van der Waals surface area contributed by atoms with Crippen molar-refractivity contribution in [3.05, 3.63) is 0 Å². The minimum atomic E-state index is 0. The fraction of sp³-hybridized carbons (Fsp3) is 0. The Morgan fingerprint density at radius 3 is 0.800 bits per heavy atom. The number of hydrogen-bond donors (Lipinski definition) is 0. The van der Waals surface area contributed by atoms with Gasteiger partial charge in [-0.15, -0.1) is 0 Å². The zero-order valence-electron chi connectivity index (χ0n) is 2.89. The molecule has 0 aliphatic carbocycles. The van der Waals surface area contributed by atoms with Crippen molar-refractivity contribution in [3.63, 3.8) is 0 Å². The van der Waals surface area contributed by atoms with Crippen LogP contribution in [0.2, 0.25) is 0 Å². The summed E-state index contributed by atoms with van der Waals surface area (Å²) in [7, 11) is 0. The molecule has 29 valence electrons. The summed E-state index contributed by atoms with van der Waals surface area (Å²) in [6.45, 7) is 0. The van der Waals surface area contributed by atoms with Crippen molar-refractivity contribution < 1.29 is 90.2 Å². The molecular weight excluding hydrogens is 180 g/mol. The Labute approximate surface area is 88.4 Å². The Morgan fingerprint density at radius 1 is 0.800 bits per heavy atom. The van der Waals surface area contributed by atoms with Crippen molar-refractivity contribution in [1.29, 1.82) is 0 Å². The molecule has 0 aromatic carbocycles. The average Bonchev–Trinajstić information content (AvgIpc) is 0. The van der Waals surface area contributed by atoms with E-state index in [2.05, 4.69) is 0 Å². The van der Waals surface area contributed by atoms with Gasteiger partial charge in [0, 0.05) is 22.4 Å². The van der Waals surface area contributed by atoms with E-state index in [-0.39, 0.29) is 90.2 Å². The van der Waals surface area contributed by atoms with E-state index in [1.165, 1.54) is 0 Å². The van der Waals surface area contributed by atoms with Crippen molar-refractivity contribution >= 4 is 0 Å². The minimum Gasteiger partial charge on any atom is -0.870 e. The van der Waals surface area contributed by atoms with Gasteiger partial charge in [0.25, 0.3) is 0 Å². The summed E-state index contributed by atoms with van der Waals surface area (Å²) >= 11 is 0. The van der Waals surface area contributed by atoms with E-state index in [1.807, 2.05) is 0 Å². The van der Waals surface area contributed by atoms with Crippen LogP contribution in [0.5, 0.6) is 0 Å². The second-order valence-corrected chi connectivity index (χ2v) is 0. The third kappa shape index (κ3) is 22.3. The van der Waals surface area contributed by atoms with E-state index < -0.39 is 0 Å². The second kappa shape index (κ2) is 33.9. The summed E-state index contributed by atoms with van der Waals surface area (Å²) in [5.41, 5.74) is 0. The Kier molecular flexibility index (Phi) is 379. The molecular formula is H5KNbO3. The predicted octanol–water partition coefficient (Wildman–Crippen LogP) is -4.82. The molecule has 0 saturated carbocycles. The van der Waals surface area contributed by atoms with Crippen LogP contribution in [0, 0.1) is 0 Å². The maximum Gasteiger partial charge on any atom is 1.00 e. The van der Waals surface area contributed by atoms with Crippen LogP contribution >= 0.6 is 0 Å². The Bertz CT molecular complexity index is 6.85. The molecule has 0 rings (SSSR count). The smallest absolute Gasteiger partial charge is 0.870 e. The molecule has 0 aromatic rings. The van der Waals surface area contributed by atoms with E-state index in [0.29, 0.717) is 0 Å². The molecule has 0 aliphatic rings. The van der Waals surface area contributed by atoms with Crippen LogP contribution in [0.1, 0.15) is 0 Å². The molecule has 0 unspecified atom stereocenters. The molecule has 5 N–H and O–H groups in total. The van der Waals surface area contributed by atoms with Gasteiger partial charge in [-0.3, -0.25) is 0 Å². The molecule has 0 atom stereocenters. The van der Waals surface area contributed by atoms with Gasteiger partial charge in [0.05, 0.1) is 0 Å². The van der Waals surface area contributed by atoms with Crippen LogP contribution in [-0.4, -0.2) is 16.4 Å². The maximum atomic E-state index is 0. The topological polar surface area (TPSA) is 93.0 Å². The summed E-state index contributed by atoms with van der Waals surface area (Å²) < 4.78 is 0. The summed E-state index contributed by atoms with van der Waals surface area (Å²) in [5.74, 6) is 0. The number of hydrogen-bond acceptors (Lipinski definition) is 1. The molecule has 0 spiro atoms. The van der Waals surface area contributed by atoms with Crippen LogP contribution < -0.4 is 51.4 Å². The third-order valence-electron chi connectivity index (χ3n) is 0. The minimum absolute atomic E-state index is 0. The van der Waals surface area contributed by atoms with Gasteiger partial charge < -0.3 is 16.4 Å². The first-order chi connectivity index (χ1) is 0. The molecule has 0 fully saturated rings. The standard InChI is InChI=1S/K.Nb.3H2O/h;;3*1H2/q+1;;;;/p-1. The fourth-order valence-corrected chi connectivity index (χ4v) is 0. The Morgan fingerprint density at radius 2 is 0.800 bits per heavy atom. The van der Waals surface area contributed by atoms with E-state index in [1.54, 1.807) is 0 Å². The van der Waals surface area contributed by atoms with Crippen molar-refractivity contribution in [3.8, 4) is 0 Å². The molecule has 1 radical (unpaired) electrons. The van der Waals surface area contributed by atoms with Crippen LogP contribution in [0.15, 0.2) is 0 Å². The summed E-state index contributed by atoms with van der Waals surface area (Å²) in [6.07, 6.45) is 0. The van der Waals surface area contributed by atoms with Crippen LogP contribution in [0.3, 0.4) is 0 Å². The van der Waals surface area contributed by atoms with Crippen molar-refractivity contribution in [2.45, 2.75) is 0 Å². The van der Waals surface area contributed by atoms with Crippen LogP contribution in [0.25, 0.3) is 0 Å². The average molecular weight is 185 g/mol. The molecule has 0 aromatic heterocycles. The molecule has 0 saturated heterocycles.